The number of aromatic nitrogens is 5. The van der Waals surface area contributed by atoms with Crippen molar-refractivity contribution < 1.29 is 9.18 Å². The van der Waals surface area contributed by atoms with Crippen LogP contribution >= 0.6 is 11.6 Å². The van der Waals surface area contributed by atoms with E-state index in [9.17, 15) is 9.18 Å². The highest BCUT2D eigenvalue weighted by Crippen LogP contribution is 2.25. The largest absolute Gasteiger partial charge is 0.337 e. The number of pyridine rings is 1. The lowest BCUT2D eigenvalue weighted by atomic mass is 10.1. The number of anilines is 2. The van der Waals surface area contributed by atoms with E-state index in [1.54, 1.807) is 28.8 Å². The van der Waals surface area contributed by atoms with E-state index < -0.39 is 5.82 Å². The first-order valence-corrected chi connectivity index (χ1v) is 10.0. The van der Waals surface area contributed by atoms with Gasteiger partial charge in [0.2, 0.25) is 5.95 Å². The molecule has 4 rings (SSSR count). The molecule has 8 nitrogen and oxygen atoms in total. The predicted molar refractivity (Wildman–Crippen MR) is 111 cm³/mol. The molecule has 3 aromatic rings. The Bertz CT molecular complexity index is 1090. The third-order valence-electron chi connectivity index (χ3n) is 5.15. The van der Waals surface area contributed by atoms with Gasteiger partial charge in [-0.25, -0.2) is 24.3 Å². The Morgan fingerprint density at radius 1 is 1.13 bits per heavy atom. The number of aryl methyl sites for hydroxylation is 1. The van der Waals surface area contributed by atoms with Crippen molar-refractivity contribution in [3.05, 3.63) is 47.0 Å². The fraction of sp³-hybridized carbons (Fsp3) is 0.350. The number of carbonyl (C=O) groups is 1. The molecule has 1 aliphatic heterocycles. The quantitative estimate of drug-likeness (QED) is 0.679. The van der Waals surface area contributed by atoms with E-state index in [1.807, 2.05) is 6.92 Å². The van der Waals surface area contributed by atoms with Gasteiger partial charge in [0, 0.05) is 20.1 Å². The Hall–Kier alpha value is -3.07. The summed E-state index contributed by atoms with van der Waals surface area (Å²) in [6.45, 7) is 3.26. The summed E-state index contributed by atoms with van der Waals surface area (Å²) < 4.78 is 16.0. The van der Waals surface area contributed by atoms with E-state index in [0.717, 1.165) is 44.4 Å². The van der Waals surface area contributed by atoms with Crippen LogP contribution in [0.5, 0.6) is 0 Å². The molecule has 3 aromatic heterocycles. The molecule has 4 heterocycles. The second-order valence-electron chi connectivity index (χ2n) is 7.17. The van der Waals surface area contributed by atoms with Crippen molar-refractivity contribution in [2.24, 2.45) is 7.05 Å². The Morgan fingerprint density at radius 2 is 1.90 bits per heavy atom. The van der Waals surface area contributed by atoms with Crippen molar-refractivity contribution >= 4 is 29.1 Å². The number of piperidine rings is 1. The van der Waals surface area contributed by atoms with Crippen LogP contribution in [-0.2, 0) is 7.05 Å². The van der Waals surface area contributed by atoms with Crippen LogP contribution in [0.1, 0.15) is 35.6 Å². The second-order valence-corrected chi connectivity index (χ2v) is 7.58. The molecule has 0 bridgehead atoms. The molecule has 0 aliphatic carbocycles. The minimum Gasteiger partial charge on any atom is -0.337 e. The van der Waals surface area contributed by atoms with Gasteiger partial charge in [-0.1, -0.05) is 11.6 Å². The van der Waals surface area contributed by atoms with Crippen molar-refractivity contribution in [1.29, 1.82) is 0 Å². The molecule has 0 radical (unpaired) electrons. The zero-order chi connectivity index (χ0) is 21.3. The minimum atomic E-state index is -0.554. The van der Waals surface area contributed by atoms with Crippen molar-refractivity contribution in [1.82, 2.24) is 29.4 Å². The van der Waals surface area contributed by atoms with Crippen molar-refractivity contribution in [2.75, 3.05) is 18.4 Å². The lowest BCUT2D eigenvalue weighted by Gasteiger charge is -2.26. The number of nitrogens with zero attached hydrogens (tertiary/aromatic N) is 6. The van der Waals surface area contributed by atoms with Gasteiger partial charge in [0.1, 0.15) is 17.2 Å². The number of halogens is 2. The third-order valence-corrected chi connectivity index (χ3v) is 5.44. The maximum Gasteiger partial charge on any atom is 0.273 e. The van der Waals surface area contributed by atoms with Gasteiger partial charge in [0.15, 0.2) is 5.82 Å². The van der Waals surface area contributed by atoms with Crippen molar-refractivity contribution in [2.45, 2.75) is 26.2 Å². The van der Waals surface area contributed by atoms with E-state index >= 15 is 0 Å². The van der Waals surface area contributed by atoms with Gasteiger partial charge >= 0.3 is 0 Å². The standard InChI is InChI=1S/C20H21ClFN7O/c1-12-23-11-16(28(12)2)18-15(22)10-25-20(27-18)26-13-8-14(21)17(24-9-13)19(30)29-6-4-3-5-7-29/h8-11H,3-7H2,1-2H3,(H,25,26,27). The molecule has 0 spiro atoms. The summed E-state index contributed by atoms with van der Waals surface area (Å²) in [5, 5.41) is 3.20. The van der Waals surface area contributed by atoms with Gasteiger partial charge in [0.25, 0.3) is 5.91 Å². The maximum atomic E-state index is 14.3. The van der Waals surface area contributed by atoms with Crippen molar-refractivity contribution in [3.8, 4) is 11.4 Å². The third kappa shape index (κ3) is 3.97. The number of hydrogen-bond donors (Lipinski definition) is 1. The van der Waals surface area contributed by atoms with E-state index in [4.69, 9.17) is 11.6 Å². The maximum absolute atomic E-state index is 14.3. The Kier molecular flexibility index (Phi) is 5.63. The highest BCUT2D eigenvalue weighted by atomic mass is 35.5. The molecular weight excluding hydrogens is 409 g/mol. The molecule has 1 N–H and O–H groups in total. The number of nitrogens with one attached hydrogen (secondary N) is 1. The summed E-state index contributed by atoms with van der Waals surface area (Å²) in [6, 6.07) is 1.59. The SMILES string of the molecule is Cc1ncc(-c2nc(Nc3cnc(C(=O)N4CCCCC4)c(Cl)c3)ncc2F)n1C. The zero-order valence-corrected chi connectivity index (χ0v) is 17.4. The van der Waals surface area contributed by atoms with E-state index in [1.165, 1.54) is 6.20 Å². The summed E-state index contributed by atoms with van der Waals surface area (Å²) in [4.78, 5) is 31.1. The Morgan fingerprint density at radius 3 is 2.57 bits per heavy atom. The lowest BCUT2D eigenvalue weighted by molar-refractivity contribution is 0.0718. The van der Waals surface area contributed by atoms with Gasteiger partial charge in [-0.05, 0) is 32.3 Å². The van der Waals surface area contributed by atoms with Crippen LogP contribution < -0.4 is 5.32 Å². The summed E-state index contributed by atoms with van der Waals surface area (Å²) in [5.74, 6) is 0.195. The molecule has 0 atom stereocenters. The average Bonchev–Trinajstić information content (AvgIpc) is 3.08. The molecule has 0 unspecified atom stereocenters. The summed E-state index contributed by atoms with van der Waals surface area (Å²) in [7, 11) is 1.79. The smallest absolute Gasteiger partial charge is 0.273 e. The Labute approximate surface area is 178 Å². The summed E-state index contributed by atoms with van der Waals surface area (Å²) >= 11 is 6.32. The first kappa shape index (κ1) is 20.2. The number of rotatable bonds is 4. The molecule has 10 heteroatoms. The van der Waals surface area contributed by atoms with Crippen LogP contribution in [0.25, 0.3) is 11.4 Å². The number of carbonyl (C=O) groups excluding carboxylic acids is 1. The monoisotopic (exact) mass is 429 g/mol. The van der Waals surface area contributed by atoms with Gasteiger partial charge in [0.05, 0.1) is 35.0 Å². The van der Waals surface area contributed by atoms with Gasteiger partial charge in [-0.15, -0.1) is 0 Å². The minimum absolute atomic E-state index is 0.131. The van der Waals surface area contributed by atoms with Crippen LogP contribution in [0.2, 0.25) is 5.02 Å². The topological polar surface area (TPSA) is 88.8 Å². The molecule has 156 valence electrons. The van der Waals surface area contributed by atoms with Gasteiger partial charge in [-0.3, -0.25) is 4.79 Å². The fourth-order valence-electron chi connectivity index (χ4n) is 3.37. The van der Waals surface area contributed by atoms with Gasteiger partial charge in [-0.2, -0.15) is 0 Å². The van der Waals surface area contributed by atoms with Crippen LogP contribution in [0.3, 0.4) is 0 Å². The number of likely N-dealkylation sites (tertiary alicyclic amines) is 1. The molecular formula is C20H21ClFN7O. The molecule has 0 aromatic carbocycles. The molecule has 1 saturated heterocycles. The zero-order valence-electron chi connectivity index (χ0n) is 16.7. The highest BCUT2D eigenvalue weighted by molar-refractivity contribution is 6.33. The highest BCUT2D eigenvalue weighted by Gasteiger charge is 2.22. The molecule has 0 saturated carbocycles. The number of imidazole rings is 1. The second kappa shape index (κ2) is 8.35. The molecule has 1 fully saturated rings. The normalized spacial score (nSPS) is 14.1. The van der Waals surface area contributed by atoms with E-state index in [2.05, 4.69) is 25.3 Å². The summed E-state index contributed by atoms with van der Waals surface area (Å²) in [5.41, 5.74) is 1.38. The molecule has 1 amide bonds. The van der Waals surface area contributed by atoms with Crippen molar-refractivity contribution in [3.63, 3.8) is 0 Å². The average molecular weight is 430 g/mol. The van der Waals surface area contributed by atoms with Crippen LogP contribution in [0.15, 0.2) is 24.7 Å². The van der Waals surface area contributed by atoms with Crippen LogP contribution in [-0.4, -0.2) is 48.4 Å². The number of hydrogen-bond acceptors (Lipinski definition) is 6. The fourth-order valence-corrected chi connectivity index (χ4v) is 3.62. The first-order valence-electron chi connectivity index (χ1n) is 9.67. The molecule has 1 aliphatic rings. The Balaban J connectivity index is 1.56. The summed E-state index contributed by atoms with van der Waals surface area (Å²) in [6.07, 6.45) is 7.25. The first-order chi connectivity index (χ1) is 14.4. The number of amides is 1. The molecule has 30 heavy (non-hydrogen) atoms. The van der Waals surface area contributed by atoms with Crippen LogP contribution in [0.4, 0.5) is 16.0 Å². The lowest BCUT2D eigenvalue weighted by Crippen LogP contribution is -2.36. The predicted octanol–water partition coefficient (Wildman–Crippen LogP) is 3.74. The van der Waals surface area contributed by atoms with Crippen LogP contribution in [0, 0.1) is 12.7 Å². The van der Waals surface area contributed by atoms with E-state index in [-0.39, 0.29) is 28.3 Å². The van der Waals surface area contributed by atoms with Gasteiger partial charge < -0.3 is 14.8 Å². The van der Waals surface area contributed by atoms with E-state index in [0.29, 0.717) is 11.4 Å².